The standard InChI is InChI=1S/C33H35BN3S2/c1-6-32(5)33(7-2,8-3)36-27-18-12-14-20-29(27)38-30(36)24-21-34(32)37(26-17-11-9-15-23(26)22(24)4)31-35-25-16-10-13-19-28(25)39-31/h7,9-20,22,24H,2,6,8,21H2,1,3-5H3/q+1. The zero-order valence-corrected chi connectivity index (χ0v) is 24.9. The van der Waals surface area contributed by atoms with Crippen molar-refractivity contribution >= 4 is 60.8 Å². The number of rotatable bonds is 4. The SMILES string of the molecule is C=CC1(CC)[n+]2c(sc3ccccc32)C2CB(N(c3nc4ccccc4s3)c3ccccc3C2C)C1(C)CC. The number of benzene rings is 3. The van der Waals surface area contributed by atoms with Crippen LogP contribution in [0.5, 0.6) is 0 Å². The second-order valence-electron chi connectivity index (χ2n) is 11.5. The van der Waals surface area contributed by atoms with Crippen LogP contribution in [0.1, 0.15) is 62.9 Å². The molecule has 3 aromatic carbocycles. The summed E-state index contributed by atoms with van der Waals surface area (Å²) in [5.41, 5.74) is 4.93. The molecule has 0 saturated heterocycles. The van der Waals surface area contributed by atoms with Gasteiger partial charge in [0.15, 0.2) is 10.7 Å². The van der Waals surface area contributed by atoms with Crippen molar-refractivity contribution in [3.05, 3.63) is 96.0 Å². The lowest BCUT2D eigenvalue weighted by Gasteiger charge is -2.47. The van der Waals surface area contributed by atoms with Crippen molar-refractivity contribution in [3.8, 4) is 0 Å². The van der Waals surface area contributed by atoms with Crippen molar-refractivity contribution in [2.75, 3.05) is 4.81 Å². The van der Waals surface area contributed by atoms with E-state index in [1.165, 1.54) is 31.2 Å². The third-order valence-electron chi connectivity index (χ3n) is 10.2. The van der Waals surface area contributed by atoms with E-state index in [4.69, 9.17) is 4.98 Å². The first kappa shape index (κ1) is 25.0. The Morgan fingerprint density at radius 2 is 1.72 bits per heavy atom. The summed E-state index contributed by atoms with van der Waals surface area (Å²) in [7, 11) is 0. The maximum absolute atomic E-state index is 5.28. The van der Waals surface area contributed by atoms with Crippen LogP contribution < -0.4 is 9.38 Å². The Balaban J connectivity index is 1.60. The lowest BCUT2D eigenvalue weighted by Crippen LogP contribution is -2.65. The highest BCUT2D eigenvalue weighted by Gasteiger charge is 2.65. The Morgan fingerprint density at radius 1 is 1.00 bits per heavy atom. The van der Waals surface area contributed by atoms with Gasteiger partial charge in [0.1, 0.15) is 4.70 Å². The number of nitrogens with zero attached hydrogens (tertiary/aromatic N) is 3. The summed E-state index contributed by atoms with van der Waals surface area (Å²) in [5.74, 6) is 0.771. The highest BCUT2D eigenvalue weighted by molar-refractivity contribution is 7.22. The second-order valence-corrected chi connectivity index (χ2v) is 13.6. The summed E-state index contributed by atoms with van der Waals surface area (Å²) in [6.45, 7) is 14.6. The molecule has 0 fully saturated rings. The molecule has 4 atom stereocenters. The third kappa shape index (κ3) is 3.28. The van der Waals surface area contributed by atoms with E-state index >= 15 is 0 Å². The van der Waals surface area contributed by atoms with E-state index in [9.17, 15) is 0 Å². The van der Waals surface area contributed by atoms with Gasteiger partial charge in [-0.05, 0) is 54.6 Å². The van der Waals surface area contributed by atoms with E-state index in [-0.39, 0.29) is 17.7 Å². The minimum absolute atomic E-state index is 0.101. The van der Waals surface area contributed by atoms with Gasteiger partial charge in [0, 0.05) is 23.5 Å². The maximum Gasteiger partial charge on any atom is 0.277 e. The van der Waals surface area contributed by atoms with E-state index < -0.39 is 0 Å². The number of fused-ring (bicyclic) bond motifs is 8. The molecule has 7 rings (SSSR count). The number of anilines is 2. The van der Waals surface area contributed by atoms with Crippen LogP contribution in [0.15, 0.2) is 85.5 Å². The van der Waals surface area contributed by atoms with Crippen LogP contribution in [0.25, 0.3) is 20.4 Å². The summed E-state index contributed by atoms with van der Waals surface area (Å²) < 4.78 is 5.35. The van der Waals surface area contributed by atoms with Crippen LogP contribution in [0.2, 0.25) is 11.6 Å². The Morgan fingerprint density at radius 3 is 2.46 bits per heavy atom. The molecule has 0 amide bonds. The minimum atomic E-state index is -0.239. The second kappa shape index (κ2) is 9.04. The monoisotopic (exact) mass is 548 g/mol. The van der Waals surface area contributed by atoms with E-state index in [0.717, 1.165) is 29.8 Å². The fraction of sp³-hybridized carbons (Fsp3) is 0.333. The molecule has 2 aliphatic rings. The van der Waals surface area contributed by atoms with Gasteiger partial charge in [0.25, 0.3) is 6.85 Å². The van der Waals surface area contributed by atoms with Crippen LogP contribution in [0.3, 0.4) is 0 Å². The zero-order chi connectivity index (χ0) is 26.9. The normalized spacial score (nSPS) is 26.3. The average molecular weight is 549 g/mol. The number of hydrogen-bond donors (Lipinski definition) is 0. The molecule has 39 heavy (non-hydrogen) atoms. The van der Waals surface area contributed by atoms with Gasteiger partial charge in [-0.15, -0.1) is 0 Å². The molecule has 4 heterocycles. The first-order valence-electron chi connectivity index (χ1n) is 14.3. The van der Waals surface area contributed by atoms with Gasteiger partial charge in [0.2, 0.25) is 10.5 Å². The van der Waals surface area contributed by atoms with E-state index in [0.29, 0.717) is 11.8 Å². The van der Waals surface area contributed by atoms with Gasteiger partial charge in [-0.2, -0.15) is 4.57 Å². The third-order valence-corrected chi connectivity index (χ3v) is 12.5. The van der Waals surface area contributed by atoms with Gasteiger partial charge in [-0.25, -0.2) is 4.98 Å². The van der Waals surface area contributed by atoms with Crippen LogP contribution in [-0.4, -0.2) is 11.8 Å². The fourth-order valence-electron chi connectivity index (χ4n) is 7.86. The van der Waals surface area contributed by atoms with Crippen LogP contribution >= 0.6 is 22.7 Å². The van der Waals surface area contributed by atoms with Crippen molar-refractivity contribution in [2.24, 2.45) is 0 Å². The Hall–Kier alpha value is -2.96. The van der Waals surface area contributed by atoms with Crippen molar-refractivity contribution < 1.29 is 4.57 Å². The lowest BCUT2D eigenvalue weighted by molar-refractivity contribution is -0.738. The summed E-state index contributed by atoms with van der Waals surface area (Å²) in [4.78, 5) is 7.93. The molecule has 2 aromatic heterocycles. The Labute approximate surface area is 239 Å². The van der Waals surface area contributed by atoms with Crippen LogP contribution in [0, 0.1) is 0 Å². The van der Waals surface area contributed by atoms with Gasteiger partial charge in [-0.3, -0.25) is 0 Å². The molecular formula is C33H35BN3S2+. The fourth-order valence-corrected chi connectivity index (χ4v) is 10.3. The van der Waals surface area contributed by atoms with Gasteiger partial charge in [-0.1, -0.05) is 99.4 Å². The smallest absolute Gasteiger partial charge is 0.277 e. The molecular weight excluding hydrogens is 513 g/mol. The molecule has 4 unspecified atom stereocenters. The van der Waals surface area contributed by atoms with Crippen molar-refractivity contribution in [1.82, 2.24) is 4.98 Å². The quantitative estimate of drug-likeness (QED) is 0.127. The average Bonchev–Trinajstić information content (AvgIpc) is 3.52. The molecule has 0 aliphatic carbocycles. The molecule has 6 heteroatoms. The van der Waals surface area contributed by atoms with E-state index in [1.54, 1.807) is 0 Å². The molecule has 0 radical (unpaired) electrons. The first-order chi connectivity index (χ1) is 19.0. The van der Waals surface area contributed by atoms with Crippen molar-refractivity contribution in [1.29, 1.82) is 0 Å². The highest BCUT2D eigenvalue weighted by Crippen LogP contribution is 2.61. The van der Waals surface area contributed by atoms with E-state index in [1.807, 2.05) is 22.7 Å². The number of para-hydroxylation sites is 3. The number of allylic oxidation sites excluding steroid dienone is 1. The number of thiazole rings is 2. The first-order valence-corrected chi connectivity index (χ1v) is 15.9. The summed E-state index contributed by atoms with van der Waals surface area (Å²) in [6.07, 6.45) is 5.41. The molecule has 2 aliphatic heterocycles. The molecule has 0 spiro atoms. The molecule has 0 N–H and O–H groups in total. The number of hydrogen-bond acceptors (Lipinski definition) is 4. The molecule has 3 nitrogen and oxygen atoms in total. The molecule has 5 aromatic rings. The van der Waals surface area contributed by atoms with Crippen LogP contribution in [0.4, 0.5) is 10.8 Å². The highest BCUT2D eigenvalue weighted by atomic mass is 32.1. The Kier molecular flexibility index (Phi) is 5.80. The van der Waals surface area contributed by atoms with Gasteiger partial charge >= 0.3 is 0 Å². The zero-order valence-electron chi connectivity index (χ0n) is 23.2. The Bertz CT molecular complexity index is 1690. The van der Waals surface area contributed by atoms with E-state index in [2.05, 4.69) is 123 Å². The van der Waals surface area contributed by atoms with Gasteiger partial charge < -0.3 is 4.81 Å². The summed E-state index contributed by atoms with van der Waals surface area (Å²) in [5, 5.41) is 2.50. The summed E-state index contributed by atoms with van der Waals surface area (Å²) >= 11 is 3.83. The minimum Gasteiger partial charge on any atom is -0.362 e. The number of aromatic nitrogens is 2. The van der Waals surface area contributed by atoms with Crippen LogP contribution in [-0.2, 0) is 5.54 Å². The summed E-state index contributed by atoms with van der Waals surface area (Å²) in [6, 6.07) is 26.7. The van der Waals surface area contributed by atoms with Gasteiger partial charge in [0.05, 0.1) is 16.1 Å². The largest absolute Gasteiger partial charge is 0.362 e. The lowest BCUT2D eigenvalue weighted by atomic mass is 9.32. The van der Waals surface area contributed by atoms with Crippen molar-refractivity contribution in [3.63, 3.8) is 0 Å². The predicted molar refractivity (Wildman–Crippen MR) is 169 cm³/mol. The topological polar surface area (TPSA) is 20.0 Å². The predicted octanol–water partition coefficient (Wildman–Crippen LogP) is 9.30. The maximum atomic E-state index is 5.28. The molecule has 196 valence electrons. The molecule has 0 saturated carbocycles. The molecule has 2 bridgehead atoms. The van der Waals surface area contributed by atoms with Crippen molar-refractivity contribution in [2.45, 2.75) is 69.5 Å².